The van der Waals surface area contributed by atoms with Crippen LogP contribution in [0.4, 0.5) is 4.39 Å². The number of aromatic amines is 1. The third-order valence-electron chi connectivity index (χ3n) is 5.62. The molecule has 146 valence electrons. The van der Waals surface area contributed by atoms with Crippen LogP contribution < -0.4 is 0 Å². The molecule has 3 aromatic rings. The molecule has 2 aromatic carbocycles. The first kappa shape index (κ1) is 18.7. The summed E-state index contributed by atoms with van der Waals surface area (Å²) in [7, 11) is 0. The third-order valence-corrected chi connectivity index (χ3v) is 5.62. The SMILES string of the molecule is Cc1ccc2[nH]c(C(=O)O)c(CN3CC[C@@H](c4ccc(F)cc4)[C@H](O)C3)c2c1. The summed E-state index contributed by atoms with van der Waals surface area (Å²) in [5, 5.41) is 21.2. The molecule has 0 amide bonds. The lowest BCUT2D eigenvalue weighted by Gasteiger charge is -2.36. The van der Waals surface area contributed by atoms with Crippen molar-refractivity contribution in [2.75, 3.05) is 13.1 Å². The number of aliphatic hydroxyl groups excluding tert-OH is 1. The number of aliphatic hydroxyl groups is 1. The largest absolute Gasteiger partial charge is 0.477 e. The second kappa shape index (κ2) is 7.37. The predicted octanol–water partition coefficient (Wildman–Crippen LogP) is 3.66. The maximum atomic E-state index is 13.2. The standard InChI is InChI=1S/C22H23FN2O3/c1-13-2-7-19-17(10-13)18(21(24-19)22(27)28)11-25-9-8-16(20(26)12-25)14-3-5-15(23)6-4-14/h2-7,10,16,20,24,26H,8-9,11-12H2,1H3,(H,27,28)/t16-,20+/m0/s1. The van der Waals surface area contributed by atoms with Crippen molar-refractivity contribution < 1.29 is 19.4 Å². The van der Waals surface area contributed by atoms with Crippen LogP contribution in [0, 0.1) is 12.7 Å². The minimum atomic E-state index is -0.981. The fourth-order valence-electron chi connectivity index (χ4n) is 4.17. The third kappa shape index (κ3) is 3.53. The first-order valence-corrected chi connectivity index (χ1v) is 9.43. The quantitative estimate of drug-likeness (QED) is 0.644. The van der Waals surface area contributed by atoms with Gasteiger partial charge in [-0.25, -0.2) is 9.18 Å². The Bertz CT molecular complexity index is 1010. The highest BCUT2D eigenvalue weighted by Crippen LogP contribution is 2.31. The van der Waals surface area contributed by atoms with Gasteiger partial charge in [-0.3, -0.25) is 4.90 Å². The molecule has 2 atom stereocenters. The van der Waals surface area contributed by atoms with Gasteiger partial charge in [-0.05, 0) is 49.7 Å². The van der Waals surface area contributed by atoms with Gasteiger partial charge in [0.2, 0.25) is 0 Å². The highest BCUT2D eigenvalue weighted by Gasteiger charge is 2.30. The van der Waals surface area contributed by atoms with Crippen molar-refractivity contribution in [2.45, 2.75) is 31.9 Å². The second-order valence-corrected chi connectivity index (χ2v) is 7.58. The van der Waals surface area contributed by atoms with E-state index in [1.807, 2.05) is 25.1 Å². The number of benzene rings is 2. The lowest BCUT2D eigenvalue weighted by molar-refractivity contribution is 0.0474. The monoisotopic (exact) mass is 382 g/mol. The van der Waals surface area contributed by atoms with Crippen molar-refractivity contribution in [1.82, 2.24) is 9.88 Å². The molecule has 0 spiro atoms. The van der Waals surface area contributed by atoms with Gasteiger partial charge in [0.05, 0.1) is 6.10 Å². The molecule has 1 aliphatic heterocycles. The Morgan fingerprint density at radius 2 is 2.00 bits per heavy atom. The number of aromatic nitrogens is 1. The van der Waals surface area contributed by atoms with Gasteiger partial charge in [0.15, 0.2) is 0 Å². The highest BCUT2D eigenvalue weighted by molar-refractivity contribution is 5.97. The Kier molecular flexibility index (Phi) is 4.91. The van der Waals surface area contributed by atoms with Gasteiger partial charge < -0.3 is 15.2 Å². The first-order valence-electron chi connectivity index (χ1n) is 9.43. The number of aryl methyl sites for hydroxylation is 1. The first-order chi connectivity index (χ1) is 13.4. The van der Waals surface area contributed by atoms with E-state index in [0.29, 0.717) is 13.1 Å². The number of carboxylic acid groups (broad SMARTS) is 1. The summed E-state index contributed by atoms with van der Waals surface area (Å²) in [4.78, 5) is 16.8. The number of hydrogen-bond donors (Lipinski definition) is 3. The Balaban J connectivity index is 1.56. The number of β-amino-alcohol motifs (C(OH)–C–C–N with tert-alkyl or cyclic N) is 1. The van der Waals surface area contributed by atoms with Gasteiger partial charge in [-0.2, -0.15) is 0 Å². The molecular weight excluding hydrogens is 359 g/mol. The minimum absolute atomic E-state index is 0.0407. The van der Waals surface area contributed by atoms with E-state index in [4.69, 9.17) is 0 Å². The minimum Gasteiger partial charge on any atom is -0.477 e. The molecule has 1 aromatic heterocycles. The average molecular weight is 382 g/mol. The lowest BCUT2D eigenvalue weighted by Crippen LogP contribution is -2.42. The fraction of sp³-hybridized carbons (Fsp3) is 0.318. The van der Waals surface area contributed by atoms with E-state index >= 15 is 0 Å². The van der Waals surface area contributed by atoms with Gasteiger partial charge in [0, 0.05) is 35.5 Å². The Morgan fingerprint density at radius 1 is 1.25 bits per heavy atom. The maximum Gasteiger partial charge on any atom is 0.352 e. The zero-order valence-corrected chi connectivity index (χ0v) is 15.7. The number of fused-ring (bicyclic) bond motifs is 1. The lowest BCUT2D eigenvalue weighted by atomic mass is 9.87. The molecule has 0 bridgehead atoms. The summed E-state index contributed by atoms with van der Waals surface area (Å²) in [6, 6.07) is 12.1. The topological polar surface area (TPSA) is 76.6 Å². The van der Waals surface area contributed by atoms with E-state index in [2.05, 4.69) is 9.88 Å². The van der Waals surface area contributed by atoms with Crippen LogP contribution in [-0.4, -0.2) is 45.3 Å². The molecule has 0 radical (unpaired) electrons. The van der Waals surface area contributed by atoms with Gasteiger partial charge in [0.25, 0.3) is 0 Å². The van der Waals surface area contributed by atoms with Crippen LogP contribution in [0.5, 0.6) is 0 Å². The average Bonchev–Trinajstić information content (AvgIpc) is 3.01. The number of nitrogens with one attached hydrogen (secondary N) is 1. The van der Waals surface area contributed by atoms with E-state index in [1.54, 1.807) is 12.1 Å². The molecule has 2 heterocycles. The smallest absolute Gasteiger partial charge is 0.352 e. The molecule has 5 nitrogen and oxygen atoms in total. The molecule has 0 aliphatic carbocycles. The molecule has 1 aliphatic rings. The summed E-state index contributed by atoms with van der Waals surface area (Å²) in [6.45, 7) is 3.61. The van der Waals surface area contributed by atoms with E-state index in [-0.39, 0.29) is 17.4 Å². The predicted molar refractivity (Wildman–Crippen MR) is 105 cm³/mol. The van der Waals surface area contributed by atoms with Crippen molar-refractivity contribution in [2.24, 2.45) is 0 Å². The van der Waals surface area contributed by atoms with Crippen LogP contribution in [0.3, 0.4) is 0 Å². The summed E-state index contributed by atoms with van der Waals surface area (Å²) >= 11 is 0. The molecule has 0 unspecified atom stereocenters. The zero-order valence-electron chi connectivity index (χ0n) is 15.7. The highest BCUT2D eigenvalue weighted by atomic mass is 19.1. The number of carboxylic acids is 1. The summed E-state index contributed by atoms with van der Waals surface area (Å²) in [5.74, 6) is -1.31. The number of halogens is 1. The number of carbonyl (C=O) groups is 1. The van der Waals surface area contributed by atoms with Gasteiger partial charge in [-0.1, -0.05) is 23.8 Å². The van der Waals surface area contributed by atoms with E-state index in [0.717, 1.165) is 40.6 Å². The van der Waals surface area contributed by atoms with Crippen LogP contribution in [0.15, 0.2) is 42.5 Å². The fourth-order valence-corrected chi connectivity index (χ4v) is 4.17. The van der Waals surface area contributed by atoms with Crippen molar-refractivity contribution in [3.8, 4) is 0 Å². The van der Waals surface area contributed by atoms with E-state index in [9.17, 15) is 19.4 Å². The van der Waals surface area contributed by atoms with Gasteiger partial charge in [-0.15, -0.1) is 0 Å². The van der Waals surface area contributed by atoms with Gasteiger partial charge in [0.1, 0.15) is 11.5 Å². The molecular formula is C22H23FN2O3. The Hall–Kier alpha value is -2.70. The number of rotatable bonds is 4. The summed E-state index contributed by atoms with van der Waals surface area (Å²) < 4.78 is 13.2. The number of aromatic carboxylic acids is 1. The molecule has 6 heteroatoms. The molecule has 1 fully saturated rings. The van der Waals surface area contributed by atoms with Crippen LogP contribution in [-0.2, 0) is 6.54 Å². The van der Waals surface area contributed by atoms with Crippen LogP contribution in [0.1, 0.15) is 39.5 Å². The van der Waals surface area contributed by atoms with Crippen LogP contribution in [0.25, 0.3) is 10.9 Å². The second-order valence-electron chi connectivity index (χ2n) is 7.58. The van der Waals surface area contributed by atoms with E-state index < -0.39 is 12.1 Å². The van der Waals surface area contributed by atoms with Crippen molar-refractivity contribution in [3.63, 3.8) is 0 Å². The van der Waals surface area contributed by atoms with Crippen LogP contribution >= 0.6 is 0 Å². The Labute approximate surface area is 162 Å². The zero-order chi connectivity index (χ0) is 19.8. The number of nitrogens with zero attached hydrogens (tertiary/aromatic N) is 1. The van der Waals surface area contributed by atoms with Crippen LogP contribution in [0.2, 0.25) is 0 Å². The molecule has 0 saturated carbocycles. The summed E-state index contributed by atoms with van der Waals surface area (Å²) in [5.41, 5.74) is 3.76. The summed E-state index contributed by atoms with van der Waals surface area (Å²) in [6.07, 6.45) is 0.149. The number of hydrogen-bond acceptors (Lipinski definition) is 3. The number of likely N-dealkylation sites (tertiary alicyclic amines) is 1. The van der Waals surface area contributed by atoms with Crippen molar-refractivity contribution in [3.05, 3.63) is 70.7 Å². The molecule has 4 rings (SSSR count). The number of piperidine rings is 1. The Morgan fingerprint density at radius 3 is 2.68 bits per heavy atom. The molecule has 28 heavy (non-hydrogen) atoms. The molecule has 3 N–H and O–H groups in total. The normalized spacial score (nSPS) is 20.5. The molecule has 1 saturated heterocycles. The van der Waals surface area contributed by atoms with E-state index in [1.165, 1.54) is 12.1 Å². The number of H-pyrrole nitrogens is 1. The maximum absolute atomic E-state index is 13.2. The van der Waals surface area contributed by atoms with Crippen molar-refractivity contribution >= 4 is 16.9 Å². The van der Waals surface area contributed by atoms with Gasteiger partial charge >= 0.3 is 5.97 Å². The van der Waals surface area contributed by atoms with Crippen molar-refractivity contribution in [1.29, 1.82) is 0 Å².